The highest BCUT2D eigenvalue weighted by Gasteiger charge is 2.39. The molecule has 27 heavy (non-hydrogen) atoms. The summed E-state index contributed by atoms with van der Waals surface area (Å²) < 4.78 is 11.7. The molecule has 0 atom stereocenters. The van der Waals surface area contributed by atoms with Gasteiger partial charge in [0.25, 0.3) is 8.32 Å². The number of nitrogens with zero attached hydrogens (tertiary/aromatic N) is 1. The molecule has 2 aromatic rings. The Kier molecular flexibility index (Phi) is 6.21. The summed E-state index contributed by atoms with van der Waals surface area (Å²) in [6.07, 6.45) is 2.83. The van der Waals surface area contributed by atoms with Crippen molar-refractivity contribution >= 4 is 19.9 Å². The third-order valence-electron chi connectivity index (χ3n) is 4.97. The van der Waals surface area contributed by atoms with Gasteiger partial charge in [0.15, 0.2) is 11.6 Å². The number of rotatable bonds is 7. The van der Waals surface area contributed by atoms with Crippen molar-refractivity contribution in [2.45, 2.75) is 45.3 Å². The number of aromatic nitrogens is 1. The second kappa shape index (κ2) is 8.04. The number of hydrogen-bond donors (Lipinski definition) is 0. The quantitative estimate of drug-likeness (QED) is 0.384. The van der Waals surface area contributed by atoms with Crippen LogP contribution in [0.25, 0.3) is 0 Å². The monoisotopic (exact) mass is 385 g/mol. The van der Waals surface area contributed by atoms with Gasteiger partial charge >= 0.3 is 0 Å². The number of pyridine rings is 1. The Morgan fingerprint density at radius 2 is 1.81 bits per heavy atom. The number of carbonyl (C=O) groups excluding carboxylic acids is 2. The molecule has 0 unspecified atom stereocenters. The fraction of sp³-hybridized carbons (Fsp3) is 0.381. The van der Waals surface area contributed by atoms with Gasteiger partial charge in [-0.1, -0.05) is 20.8 Å². The van der Waals surface area contributed by atoms with E-state index in [4.69, 9.17) is 9.16 Å². The van der Waals surface area contributed by atoms with Crippen LogP contribution in [0.2, 0.25) is 18.1 Å². The number of Topliss-reactive ketones (excluding diaryl/α,β-unsaturated/α-hetero) is 2. The van der Waals surface area contributed by atoms with E-state index in [2.05, 4.69) is 38.8 Å². The van der Waals surface area contributed by atoms with Gasteiger partial charge in [0, 0.05) is 24.0 Å². The molecule has 0 radical (unpaired) electrons. The zero-order valence-corrected chi connectivity index (χ0v) is 17.8. The molecule has 144 valence electrons. The lowest BCUT2D eigenvalue weighted by Gasteiger charge is -2.37. The predicted octanol–water partition coefficient (Wildman–Crippen LogP) is 4.93. The standard InChI is InChI=1S/C21H27NO4Si/c1-21(2,3)27(5,6)26-20-12-16(25-4)9-10-17(20)19(24)13-18(23)15-8-7-11-22-14-15/h7-12,14H,13H2,1-6H3. The average Bonchev–Trinajstić information content (AvgIpc) is 2.60. The lowest BCUT2D eigenvalue weighted by molar-refractivity contribution is 0.0893. The summed E-state index contributed by atoms with van der Waals surface area (Å²) in [6, 6.07) is 8.43. The van der Waals surface area contributed by atoms with Crippen molar-refractivity contribution in [3.63, 3.8) is 0 Å². The molecule has 0 amide bonds. The topological polar surface area (TPSA) is 65.5 Å². The molecular formula is C21H27NO4Si. The molecule has 0 spiro atoms. The molecule has 1 heterocycles. The minimum absolute atomic E-state index is 0.0259. The predicted molar refractivity (Wildman–Crippen MR) is 108 cm³/mol. The Labute approximate surface area is 161 Å². The van der Waals surface area contributed by atoms with Crippen molar-refractivity contribution in [2.24, 2.45) is 0 Å². The lowest BCUT2D eigenvalue weighted by atomic mass is 10.0. The maximum atomic E-state index is 12.8. The second-order valence-corrected chi connectivity index (χ2v) is 12.7. The molecule has 0 saturated carbocycles. The van der Waals surface area contributed by atoms with E-state index in [1.807, 2.05) is 0 Å². The van der Waals surface area contributed by atoms with Crippen LogP contribution in [0.3, 0.4) is 0 Å². The normalized spacial score (nSPS) is 11.8. The Morgan fingerprint density at radius 3 is 2.37 bits per heavy atom. The van der Waals surface area contributed by atoms with Crippen LogP contribution in [-0.4, -0.2) is 32.0 Å². The summed E-state index contributed by atoms with van der Waals surface area (Å²) in [7, 11) is -0.597. The number of ketones is 2. The van der Waals surface area contributed by atoms with Crippen molar-refractivity contribution in [2.75, 3.05) is 7.11 Å². The smallest absolute Gasteiger partial charge is 0.250 e. The van der Waals surface area contributed by atoms with Crippen molar-refractivity contribution in [3.8, 4) is 11.5 Å². The summed E-state index contributed by atoms with van der Waals surface area (Å²) in [4.78, 5) is 29.2. The van der Waals surface area contributed by atoms with Gasteiger partial charge in [0.05, 0.1) is 19.1 Å². The molecule has 0 saturated heterocycles. The van der Waals surface area contributed by atoms with Crippen molar-refractivity contribution in [3.05, 3.63) is 53.9 Å². The molecule has 0 aliphatic carbocycles. The summed E-state index contributed by atoms with van der Waals surface area (Å²) >= 11 is 0. The fourth-order valence-corrected chi connectivity index (χ4v) is 3.27. The Morgan fingerprint density at radius 1 is 1.11 bits per heavy atom. The SMILES string of the molecule is COc1ccc(C(=O)CC(=O)c2cccnc2)c(O[Si](C)(C)C(C)(C)C)c1. The largest absolute Gasteiger partial charge is 0.543 e. The van der Waals surface area contributed by atoms with E-state index in [0.717, 1.165) is 0 Å². The highest BCUT2D eigenvalue weighted by atomic mass is 28.4. The van der Waals surface area contributed by atoms with Crippen molar-refractivity contribution in [1.29, 1.82) is 0 Å². The summed E-state index contributed by atoms with van der Waals surface area (Å²) in [5.41, 5.74) is 0.823. The first kappa shape index (κ1) is 20.8. The highest BCUT2D eigenvalue weighted by Crippen LogP contribution is 2.39. The first-order chi connectivity index (χ1) is 12.5. The maximum absolute atomic E-state index is 12.8. The number of hydrogen-bond acceptors (Lipinski definition) is 5. The summed E-state index contributed by atoms with van der Waals surface area (Å²) in [6.45, 7) is 10.6. The Balaban J connectivity index is 2.33. The zero-order chi connectivity index (χ0) is 20.2. The van der Waals surface area contributed by atoms with Gasteiger partial charge in [-0.05, 0) is 42.4 Å². The molecule has 1 aromatic heterocycles. The van der Waals surface area contributed by atoms with Gasteiger partial charge in [-0.25, -0.2) is 0 Å². The van der Waals surface area contributed by atoms with E-state index >= 15 is 0 Å². The third kappa shape index (κ3) is 5.04. The van der Waals surface area contributed by atoms with E-state index in [1.54, 1.807) is 43.6 Å². The second-order valence-electron chi connectivity index (χ2n) is 7.99. The maximum Gasteiger partial charge on any atom is 0.250 e. The van der Waals surface area contributed by atoms with Crippen LogP contribution in [0.4, 0.5) is 0 Å². The fourth-order valence-electron chi connectivity index (χ4n) is 2.24. The van der Waals surface area contributed by atoms with Crippen LogP contribution in [-0.2, 0) is 0 Å². The minimum atomic E-state index is -2.17. The van der Waals surface area contributed by atoms with Crippen LogP contribution >= 0.6 is 0 Å². The average molecular weight is 386 g/mol. The van der Waals surface area contributed by atoms with Crippen LogP contribution in [0.1, 0.15) is 47.9 Å². The Hall–Kier alpha value is -2.47. The minimum Gasteiger partial charge on any atom is -0.543 e. The molecule has 0 aliphatic rings. The molecule has 0 N–H and O–H groups in total. The van der Waals surface area contributed by atoms with E-state index in [-0.39, 0.29) is 23.0 Å². The molecule has 1 aromatic carbocycles. The zero-order valence-electron chi connectivity index (χ0n) is 16.8. The summed E-state index contributed by atoms with van der Waals surface area (Å²) in [5.74, 6) is 0.547. The van der Waals surface area contributed by atoms with E-state index in [1.165, 1.54) is 6.20 Å². The molecule has 0 aliphatic heterocycles. The highest BCUT2D eigenvalue weighted by molar-refractivity contribution is 6.74. The molecule has 0 fully saturated rings. The molecule has 5 nitrogen and oxygen atoms in total. The molecular weight excluding hydrogens is 358 g/mol. The third-order valence-corrected chi connectivity index (χ3v) is 9.31. The number of ether oxygens (including phenoxy) is 1. The van der Waals surface area contributed by atoms with Crippen molar-refractivity contribution in [1.82, 2.24) is 4.98 Å². The van der Waals surface area contributed by atoms with Crippen LogP contribution < -0.4 is 9.16 Å². The molecule has 2 rings (SSSR count). The van der Waals surface area contributed by atoms with Gasteiger partial charge in [-0.3, -0.25) is 14.6 Å². The van der Waals surface area contributed by atoms with Gasteiger partial charge in [0.1, 0.15) is 11.5 Å². The number of methoxy groups -OCH3 is 1. The van der Waals surface area contributed by atoms with Gasteiger partial charge in [-0.15, -0.1) is 0 Å². The van der Waals surface area contributed by atoms with Crippen LogP contribution in [0.5, 0.6) is 11.5 Å². The van der Waals surface area contributed by atoms with Gasteiger partial charge < -0.3 is 9.16 Å². The van der Waals surface area contributed by atoms with Crippen LogP contribution in [0.15, 0.2) is 42.7 Å². The summed E-state index contributed by atoms with van der Waals surface area (Å²) in [5, 5.41) is -0.0259. The van der Waals surface area contributed by atoms with E-state index in [0.29, 0.717) is 22.6 Å². The molecule has 6 heteroatoms. The van der Waals surface area contributed by atoms with E-state index in [9.17, 15) is 9.59 Å². The van der Waals surface area contributed by atoms with E-state index < -0.39 is 8.32 Å². The number of carbonyl (C=O) groups is 2. The lowest BCUT2D eigenvalue weighted by Crippen LogP contribution is -2.44. The van der Waals surface area contributed by atoms with Crippen LogP contribution in [0, 0.1) is 0 Å². The van der Waals surface area contributed by atoms with Gasteiger partial charge in [-0.2, -0.15) is 0 Å². The first-order valence-corrected chi connectivity index (χ1v) is 11.8. The molecule has 0 bridgehead atoms. The van der Waals surface area contributed by atoms with Gasteiger partial charge in [0.2, 0.25) is 0 Å². The Bertz CT molecular complexity index is 826. The van der Waals surface area contributed by atoms with Crippen molar-refractivity contribution < 1.29 is 18.8 Å². The number of benzene rings is 1. The first-order valence-electron chi connectivity index (χ1n) is 8.88.